The molecule has 2 rings (SSSR count). The molecule has 0 saturated heterocycles. The van der Waals surface area contributed by atoms with Crippen LogP contribution in [0.3, 0.4) is 0 Å². The van der Waals surface area contributed by atoms with Crippen molar-refractivity contribution >= 4 is 5.97 Å². The zero-order chi connectivity index (χ0) is 12.4. The number of ether oxygens (including phenoxy) is 1. The van der Waals surface area contributed by atoms with E-state index in [0.29, 0.717) is 11.7 Å². The Morgan fingerprint density at radius 3 is 2.71 bits per heavy atom. The predicted molar refractivity (Wildman–Crippen MR) is 68.0 cm³/mol. The van der Waals surface area contributed by atoms with Crippen molar-refractivity contribution in [3.05, 3.63) is 48.9 Å². The van der Waals surface area contributed by atoms with Crippen molar-refractivity contribution < 1.29 is 9.53 Å². The molecule has 89 valence electrons. The molecule has 0 aliphatic heterocycles. The van der Waals surface area contributed by atoms with Crippen molar-refractivity contribution in [2.45, 2.75) is 31.6 Å². The second-order valence-corrected chi connectivity index (χ2v) is 4.55. The van der Waals surface area contributed by atoms with Gasteiger partial charge in [0.1, 0.15) is 5.75 Å². The van der Waals surface area contributed by atoms with Crippen molar-refractivity contribution in [3.63, 3.8) is 0 Å². The SMILES string of the molecule is [CH2]C(C=C)c1cc(OC(C)=O)cc(C2CC2)c1. The lowest BCUT2D eigenvalue weighted by Gasteiger charge is -2.11. The molecular weight excluding hydrogens is 212 g/mol. The molecule has 1 radical (unpaired) electrons. The Morgan fingerprint density at radius 2 is 2.18 bits per heavy atom. The van der Waals surface area contributed by atoms with Crippen LogP contribution in [0, 0.1) is 6.92 Å². The second-order valence-electron chi connectivity index (χ2n) is 4.55. The third-order valence-corrected chi connectivity index (χ3v) is 2.97. The Morgan fingerprint density at radius 1 is 1.47 bits per heavy atom. The molecule has 0 N–H and O–H groups in total. The molecule has 1 unspecified atom stereocenters. The first kappa shape index (κ1) is 11.9. The summed E-state index contributed by atoms with van der Waals surface area (Å²) in [6.45, 7) is 9.17. The Hall–Kier alpha value is -1.57. The Labute approximate surface area is 102 Å². The average molecular weight is 229 g/mol. The van der Waals surface area contributed by atoms with Gasteiger partial charge in [-0.3, -0.25) is 4.79 Å². The number of carbonyl (C=O) groups excluding carboxylic acids is 1. The molecule has 0 spiro atoms. The van der Waals surface area contributed by atoms with E-state index < -0.39 is 0 Å². The van der Waals surface area contributed by atoms with E-state index in [0.717, 1.165) is 5.56 Å². The molecule has 2 heteroatoms. The third-order valence-electron chi connectivity index (χ3n) is 2.97. The summed E-state index contributed by atoms with van der Waals surface area (Å²) < 4.78 is 5.17. The van der Waals surface area contributed by atoms with Crippen LogP contribution in [0.2, 0.25) is 0 Å². The number of benzene rings is 1. The highest BCUT2D eigenvalue weighted by atomic mass is 16.5. The van der Waals surface area contributed by atoms with Gasteiger partial charge < -0.3 is 4.74 Å². The van der Waals surface area contributed by atoms with Gasteiger partial charge in [0.2, 0.25) is 0 Å². The monoisotopic (exact) mass is 229 g/mol. The van der Waals surface area contributed by atoms with Crippen LogP contribution in [0.4, 0.5) is 0 Å². The van der Waals surface area contributed by atoms with Crippen molar-refractivity contribution in [1.82, 2.24) is 0 Å². The topological polar surface area (TPSA) is 26.3 Å². The number of hydrogen-bond donors (Lipinski definition) is 0. The summed E-state index contributed by atoms with van der Waals surface area (Å²) in [4.78, 5) is 11.0. The lowest BCUT2D eigenvalue weighted by molar-refractivity contribution is -0.131. The highest BCUT2D eigenvalue weighted by Gasteiger charge is 2.25. The van der Waals surface area contributed by atoms with Gasteiger partial charge in [0.15, 0.2) is 0 Å². The molecule has 0 aromatic heterocycles. The van der Waals surface area contributed by atoms with Gasteiger partial charge in [0.25, 0.3) is 0 Å². The first-order valence-electron chi connectivity index (χ1n) is 5.89. The predicted octanol–water partition coefficient (Wildman–Crippen LogP) is 3.59. The van der Waals surface area contributed by atoms with Crippen LogP contribution in [0.5, 0.6) is 5.75 Å². The van der Waals surface area contributed by atoms with Crippen LogP contribution in [0.15, 0.2) is 30.9 Å². The number of carbonyl (C=O) groups is 1. The molecule has 0 bridgehead atoms. The molecule has 1 aliphatic rings. The maximum atomic E-state index is 11.0. The minimum atomic E-state index is -0.289. The Kier molecular flexibility index (Phi) is 3.32. The zero-order valence-electron chi connectivity index (χ0n) is 10.1. The summed E-state index contributed by atoms with van der Waals surface area (Å²) in [6.07, 6.45) is 4.24. The zero-order valence-corrected chi connectivity index (χ0v) is 10.1. The highest BCUT2D eigenvalue weighted by Crippen LogP contribution is 2.42. The maximum absolute atomic E-state index is 11.0. The first-order valence-corrected chi connectivity index (χ1v) is 5.89. The van der Waals surface area contributed by atoms with Crippen LogP contribution in [-0.2, 0) is 4.79 Å². The van der Waals surface area contributed by atoms with E-state index >= 15 is 0 Å². The minimum Gasteiger partial charge on any atom is -0.427 e. The van der Waals surface area contributed by atoms with E-state index in [1.54, 1.807) is 6.08 Å². The second kappa shape index (κ2) is 4.74. The molecule has 1 atom stereocenters. The summed E-state index contributed by atoms with van der Waals surface area (Å²) >= 11 is 0. The average Bonchev–Trinajstić information content (AvgIpc) is 3.10. The van der Waals surface area contributed by atoms with Gasteiger partial charge in [-0.2, -0.15) is 0 Å². The van der Waals surface area contributed by atoms with Crippen LogP contribution in [0.1, 0.15) is 42.7 Å². The summed E-state index contributed by atoms with van der Waals surface area (Å²) in [5.41, 5.74) is 2.30. The first-order chi connectivity index (χ1) is 8.10. The molecule has 0 heterocycles. The molecular formula is C15H17O2. The lowest BCUT2D eigenvalue weighted by atomic mass is 9.97. The molecule has 2 nitrogen and oxygen atoms in total. The van der Waals surface area contributed by atoms with Gasteiger partial charge in [-0.05, 0) is 48.9 Å². The van der Waals surface area contributed by atoms with Crippen molar-refractivity contribution in [1.29, 1.82) is 0 Å². The van der Waals surface area contributed by atoms with Crippen LogP contribution in [-0.4, -0.2) is 5.97 Å². The molecule has 1 aromatic rings. The summed E-state index contributed by atoms with van der Waals surface area (Å²) in [5.74, 6) is 0.986. The fraction of sp³-hybridized carbons (Fsp3) is 0.333. The van der Waals surface area contributed by atoms with E-state index in [2.05, 4.69) is 19.6 Å². The van der Waals surface area contributed by atoms with Crippen molar-refractivity contribution in [2.75, 3.05) is 0 Å². The van der Waals surface area contributed by atoms with Crippen molar-refractivity contribution in [2.24, 2.45) is 0 Å². The number of rotatable bonds is 4. The smallest absolute Gasteiger partial charge is 0.308 e. The van der Waals surface area contributed by atoms with E-state index in [9.17, 15) is 4.79 Å². The van der Waals surface area contributed by atoms with Crippen LogP contribution < -0.4 is 4.74 Å². The van der Waals surface area contributed by atoms with E-state index in [1.807, 2.05) is 12.1 Å². The fourth-order valence-electron chi connectivity index (χ4n) is 1.87. The van der Waals surface area contributed by atoms with Gasteiger partial charge in [-0.1, -0.05) is 12.1 Å². The van der Waals surface area contributed by atoms with Crippen LogP contribution in [0.25, 0.3) is 0 Å². The Bertz CT molecular complexity index is 444. The van der Waals surface area contributed by atoms with E-state index in [1.165, 1.54) is 25.3 Å². The number of hydrogen-bond acceptors (Lipinski definition) is 2. The van der Waals surface area contributed by atoms with Gasteiger partial charge in [-0.25, -0.2) is 0 Å². The van der Waals surface area contributed by atoms with Gasteiger partial charge in [0.05, 0.1) is 0 Å². The lowest BCUT2D eigenvalue weighted by Crippen LogP contribution is -2.03. The highest BCUT2D eigenvalue weighted by molar-refractivity contribution is 5.69. The summed E-state index contributed by atoms with van der Waals surface area (Å²) in [5, 5.41) is 0. The van der Waals surface area contributed by atoms with E-state index in [4.69, 9.17) is 4.74 Å². The van der Waals surface area contributed by atoms with Gasteiger partial charge in [0, 0.05) is 12.8 Å². The molecule has 17 heavy (non-hydrogen) atoms. The molecule has 0 amide bonds. The summed E-state index contributed by atoms with van der Waals surface area (Å²) in [6, 6.07) is 5.97. The fourth-order valence-corrected chi connectivity index (χ4v) is 1.87. The van der Waals surface area contributed by atoms with Crippen molar-refractivity contribution in [3.8, 4) is 5.75 Å². The van der Waals surface area contributed by atoms with Gasteiger partial charge in [-0.15, -0.1) is 6.58 Å². The number of esters is 1. The standard InChI is InChI=1S/C15H17O2/c1-4-10(2)13-7-14(12-5-6-12)9-15(8-13)17-11(3)16/h4,7-10,12H,1-2,5-6H2,3H3. The van der Waals surface area contributed by atoms with Crippen LogP contribution >= 0.6 is 0 Å². The summed E-state index contributed by atoms with van der Waals surface area (Å²) in [7, 11) is 0. The third kappa shape index (κ3) is 2.96. The largest absolute Gasteiger partial charge is 0.427 e. The number of allylic oxidation sites excluding steroid dienone is 1. The molecule has 1 aliphatic carbocycles. The minimum absolute atomic E-state index is 0.0306. The molecule has 1 saturated carbocycles. The molecule has 1 aromatic carbocycles. The normalized spacial score (nSPS) is 16.4. The van der Waals surface area contributed by atoms with E-state index in [-0.39, 0.29) is 11.9 Å². The Balaban J connectivity index is 2.34. The molecule has 1 fully saturated rings. The van der Waals surface area contributed by atoms with Gasteiger partial charge >= 0.3 is 5.97 Å². The quantitative estimate of drug-likeness (QED) is 0.448. The maximum Gasteiger partial charge on any atom is 0.308 e.